The summed E-state index contributed by atoms with van der Waals surface area (Å²) in [5, 5.41) is 37.2. The van der Waals surface area contributed by atoms with Crippen molar-refractivity contribution in [3.05, 3.63) is 71.5 Å². The first-order chi connectivity index (χ1) is 11.7. The summed E-state index contributed by atoms with van der Waals surface area (Å²) >= 11 is 0. The molecule has 0 radical (unpaired) electrons. The average molecular weight is 339 g/mol. The molecule has 4 N–H and O–H groups in total. The maximum Gasteiger partial charge on any atom is 0.161 e. The summed E-state index contributed by atoms with van der Waals surface area (Å²) in [7, 11) is 0. The van der Waals surface area contributed by atoms with Crippen LogP contribution in [-0.4, -0.2) is 25.1 Å². The lowest BCUT2D eigenvalue weighted by atomic mass is 9.93. The second-order valence-electron chi connectivity index (χ2n) is 6.37. The molecule has 0 amide bonds. The molecule has 1 atom stereocenters. The first-order valence-corrected chi connectivity index (χ1v) is 7.87. The molecule has 0 saturated heterocycles. The normalized spacial score (nSPS) is 20.2. The van der Waals surface area contributed by atoms with Gasteiger partial charge in [-0.05, 0) is 32.4 Å². The molecule has 6 heteroatoms. The summed E-state index contributed by atoms with van der Waals surface area (Å²) < 4.78 is 1.71. The van der Waals surface area contributed by atoms with Crippen LogP contribution in [0.25, 0.3) is 11.1 Å². The summed E-state index contributed by atoms with van der Waals surface area (Å²) in [4.78, 5) is 0. The maximum atomic E-state index is 10.2. The van der Waals surface area contributed by atoms with E-state index >= 15 is 0 Å². The Morgan fingerprint density at radius 3 is 2.64 bits per heavy atom. The second kappa shape index (κ2) is 5.73. The largest absolute Gasteiger partial charge is 0.509 e. The Bertz CT molecular complexity index is 920. The molecular weight excluding hydrogens is 318 g/mol. The Labute approximate surface area is 146 Å². The molecule has 0 bridgehead atoms. The van der Waals surface area contributed by atoms with Crippen molar-refractivity contribution in [2.24, 2.45) is 0 Å². The van der Waals surface area contributed by atoms with Gasteiger partial charge in [-0.15, -0.1) is 0 Å². The summed E-state index contributed by atoms with van der Waals surface area (Å²) in [6.07, 6.45) is 3.05. The maximum absolute atomic E-state index is 10.2. The van der Waals surface area contributed by atoms with Crippen molar-refractivity contribution in [3.8, 4) is 11.1 Å². The van der Waals surface area contributed by atoms with Crippen LogP contribution >= 0.6 is 0 Å². The Morgan fingerprint density at radius 1 is 1.32 bits per heavy atom. The van der Waals surface area contributed by atoms with Gasteiger partial charge in [0.2, 0.25) is 0 Å². The van der Waals surface area contributed by atoms with Crippen LogP contribution in [0.4, 0.5) is 5.82 Å². The van der Waals surface area contributed by atoms with Crippen LogP contribution in [0, 0.1) is 6.92 Å². The van der Waals surface area contributed by atoms with E-state index in [-0.39, 0.29) is 22.9 Å². The van der Waals surface area contributed by atoms with Crippen LogP contribution in [0.15, 0.2) is 66.0 Å². The van der Waals surface area contributed by atoms with Crippen LogP contribution in [0.5, 0.6) is 0 Å². The minimum absolute atomic E-state index is 0.231. The van der Waals surface area contributed by atoms with Crippen molar-refractivity contribution in [2.45, 2.75) is 26.4 Å². The van der Waals surface area contributed by atoms with Gasteiger partial charge in [-0.3, -0.25) is 0 Å². The van der Waals surface area contributed by atoms with E-state index in [0.717, 1.165) is 22.5 Å². The second-order valence-corrected chi connectivity index (χ2v) is 6.37. The number of allylic oxidation sites excluding steroid dienone is 2. The van der Waals surface area contributed by atoms with E-state index in [1.807, 2.05) is 25.1 Å². The molecule has 0 spiro atoms. The number of nitrogens with one attached hydrogen (secondary N) is 1. The highest BCUT2D eigenvalue weighted by atomic mass is 16.3. The van der Waals surface area contributed by atoms with Crippen molar-refractivity contribution in [1.29, 1.82) is 0 Å². The number of aliphatic hydroxyl groups excluding tert-OH is 3. The van der Waals surface area contributed by atoms with Crippen LogP contribution in [0.2, 0.25) is 0 Å². The molecule has 3 rings (SSSR count). The summed E-state index contributed by atoms with van der Waals surface area (Å²) in [5.41, 5.74) is 2.47. The van der Waals surface area contributed by atoms with Gasteiger partial charge >= 0.3 is 0 Å². The van der Waals surface area contributed by atoms with Gasteiger partial charge in [0.1, 0.15) is 17.3 Å². The number of aryl methyl sites for hydroxylation is 1. The third-order valence-corrected chi connectivity index (χ3v) is 4.32. The third-order valence-electron chi connectivity index (χ3n) is 4.32. The molecule has 0 fully saturated rings. The fraction of sp³-hybridized carbons (Fsp3) is 0.211. The quantitative estimate of drug-likeness (QED) is 0.492. The Hall–Kier alpha value is -3.15. The van der Waals surface area contributed by atoms with E-state index in [1.165, 1.54) is 13.0 Å². The number of nitrogens with zero attached hydrogens (tertiary/aromatic N) is 2. The smallest absolute Gasteiger partial charge is 0.161 e. The first kappa shape index (κ1) is 16.7. The third kappa shape index (κ3) is 2.65. The zero-order valence-corrected chi connectivity index (χ0v) is 14.4. The lowest BCUT2D eigenvalue weighted by molar-refractivity contribution is 0.283. The van der Waals surface area contributed by atoms with Gasteiger partial charge in [0, 0.05) is 11.1 Å². The number of hydrogen-bond donors (Lipinski definition) is 4. The molecule has 130 valence electrons. The van der Waals surface area contributed by atoms with E-state index in [2.05, 4.69) is 23.1 Å². The van der Waals surface area contributed by atoms with E-state index in [4.69, 9.17) is 0 Å². The number of anilines is 1. The number of hydrogen-bond acceptors (Lipinski definition) is 5. The molecular formula is C19H21N3O3. The molecule has 2 aromatic rings. The summed E-state index contributed by atoms with van der Waals surface area (Å²) in [6.45, 7) is 8.62. The first-order valence-electron chi connectivity index (χ1n) is 7.87. The highest BCUT2D eigenvalue weighted by Crippen LogP contribution is 2.46. The van der Waals surface area contributed by atoms with Gasteiger partial charge in [0.05, 0.1) is 6.20 Å². The minimum Gasteiger partial charge on any atom is -0.509 e. The highest BCUT2D eigenvalue weighted by Gasteiger charge is 2.45. The Balaban J connectivity index is 2.07. The lowest BCUT2D eigenvalue weighted by Crippen LogP contribution is -2.51. The molecule has 6 nitrogen and oxygen atoms in total. The molecule has 1 aromatic carbocycles. The predicted octanol–water partition coefficient (Wildman–Crippen LogP) is 4.30. The van der Waals surface area contributed by atoms with E-state index in [1.54, 1.807) is 17.8 Å². The SMILES string of the molecule is C=C(O)/C=C(\C(O)=C(/C)O)C1(C)Nc2c(-c3cccc(C)c3)cnn21. The van der Waals surface area contributed by atoms with Crippen molar-refractivity contribution >= 4 is 5.82 Å². The molecule has 25 heavy (non-hydrogen) atoms. The number of benzene rings is 1. The van der Waals surface area contributed by atoms with Crippen molar-refractivity contribution in [1.82, 2.24) is 9.78 Å². The molecule has 0 saturated carbocycles. The number of rotatable bonds is 4. The number of aromatic nitrogens is 2. The van der Waals surface area contributed by atoms with Gasteiger partial charge in [0.25, 0.3) is 0 Å². The summed E-state index contributed by atoms with van der Waals surface area (Å²) in [5.74, 6) is -0.0187. The van der Waals surface area contributed by atoms with Crippen molar-refractivity contribution in [3.63, 3.8) is 0 Å². The van der Waals surface area contributed by atoms with E-state index < -0.39 is 5.66 Å². The Kier molecular flexibility index (Phi) is 3.83. The lowest BCUT2D eigenvalue weighted by Gasteiger charge is -2.43. The van der Waals surface area contributed by atoms with Gasteiger partial charge in [0.15, 0.2) is 11.4 Å². The van der Waals surface area contributed by atoms with Gasteiger partial charge in [-0.1, -0.05) is 36.4 Å². The molecule has 0 aliphatic carbocycles. The fourth-order valence-electron chi connectivity index (χ4n) is 3.04. The standard InChI is InChI=1S/C19H21N3O3/c1-11-6-5-7-14(8-11)15-10-20-22-18(15)21-19(22,4)16(9-12(2)23)17(25)13(3)24/h5-10,21,23-25H,2H2,1,3-4H3/b16-9+,17-13-. The molecule has 1 aliphatic rings. The monoisotopic (exact) mass is 339 g/mol. The van der Waals surface area contributed by atoms with Crippen LogP contribution in [0.3, 0.4) is 0 Å². The fourth-order valence-corrected chi connectivity index (χ4v) is 3.04. The minimum atomic E-state index is -0.919. The Morgan fingerprint density at radius 2 is 2.04 bits per heavy atom. The molecule has 1 aromatic heterocycles. The zero-order chi connectivity index (χ0) is 18.4. The number of aliphatic hydroxyl groups is 3. The van der Waals surface area contributed by atoms with Gasteiger partial charge in [-0.2, -0.15) is 5.10 Å². The molecule has 1 aliphatic heterocycles. The van der Waals surface area contributed by atoms with E-state index in [0.29, 0.717) is 0 Å². The highest BCUT2D eigenvalue weighted by molar-refractivity contribution is 5.79. The van der Waals surface area contributed by atoms with Crippen molar-refractivity contribution < 1.29 is 15.3 Å². The van der Waals surface area contributed by atoms with Crippen LogP contribution < -0.4 is 5.32 Å². The van der Waals surface area contributed by atoms with Crippen molar-refractivity contribution in [2.75, 3.05) is 5.32 Å². The molecule has 2 heterocycles. The van der Waals surface area contributed by atoms with Gasteiger partial charge in [-0.25, -0.2) is 4.68 Å². The van der Waals surface area contributed by atoms with E-state index in [9.17, 15) is 15.3 Å². The predicted molar refractivity (Wildman–Crippen MR) is 97.5 cm³/mol. The van der Waals surface area contributed by atoms with Crippen LogP contribution in [-0.2, 0) is 5.66 Å². The number of fused-ring (bicyclic) bond motifs is 1. The average Bonchev–Trinajstić information content (AvgIpc) is 2.89. The van der Waals surface area contributed by atoms with Gasteiger partial charge < -0.3 is 20.6 Å². The molecule has 1 unspecified atom stereocenters. The van der Waals surface area contributed by atoms with Crippen LogP contribution in [0.1, 0.15) is 19.4 Å². The zero-order valence-electron chi connectivity index (χ0n) is 14.4. The topological polar surface area (TPSA) is 90.5 Å². The summed E-state index contributed by atoms with van der Waals surface area (Å²) in [6, 6.07) is 8.08.